The molecule has 2 heterocycles. The van der Waals surface area contributed by atoms with E-state index in [0.29, 0.717) is 11.2 Å². The minimum Gasteiger partial charge on any atom is -0.450 e. The van der Waals surface area contributed by atoms with E-state index in [9.17, 15) is 18.4 Å². The van der Waals surface area contributed by atoms with Crippen LogP contribution >= 0.6 is 0 Å². The molecule has 0 aliphatic carbocycles. The normalized spacial score (nSPS) is 12.3. The molecule has 2 aromatic heterocycles. The summed E-state index contributed by atoms with van der Waals surface area (Å²) in [7, 11) is 0. The molecular formula is C21H16F2N4O3. The lowest BCUT2D eigenvalue weighted by molar-refractivity contribution is 0.0225. The molecule has 1 unspecified atom stereocenters. The Kier molecular flexibility index (Phi) is 5.09. The molecule has 0 saturated heterocycles. The van der Waals surface area contributed by atoms with Crippen molar-refractivity contribution >= 4 is 17.0 Å². The smallest absolute Gasteiger partial charge is 0.359 e. The van der Waals surface area contributed by atoms with Crippen molar-refractivity contribution in [3.05, 3.63) is 88.6 Å². The van der Waals surface area contributed by atoms with Gasteiger partial charge in [0.05, 0.1) is 16.7 Å². The Morgan fingerprint density at radius 2 is 1.70 bits per heavy atom. The van der Waals surface area contributed by atoms with Crippen molar-refractivity contribution in [3.8, 4) is 5.69 Å². The lowest BCUT2D eigenvalue weighted by Crippen LogP contribution is -2.24. The molecule has 0 fully saturated rings. The topological polar surface area (TPSA) is 79.0 Å². The highest BCUT2D eigenvalue weighted by atomic mass is 19.3. The first-order chi connectivity index (χ1) is 14.5. The fourth-order valence-corrected chi connectivity index (χ4v) is 3.10. The number of carbonyl (C=O) groups excluding carboxylic acids is 1. The van der Waals surface area contributed by atoms with E-state index in [4.69, 9.17) is 4.74 Å². The molecule has 30 heavy (non-hydrogen) atoms. The van der Waals surface area contributed by atoms with E-state index in [0.717, 1.165) is 9.25 Å². The second-order valence-electron chi connectivity index (χ2n) is 6.46. The predicted molar refractivity (Wildman–Crippen MR) is 105 cm³/mol. The van der Waals surface area contributed by atoms with Crippen molar-refractivity contribution < 1.29 is 18.3 Å². The van der Waals surface area contributed by atoms with Gasteiger partial charge in [-0.05, 0) is 37.3 Å². The number of para-hydroxylation sites is 3. The lowest BCUT2D eigenvalue weighted by atomic mass is 10.3. The quantitative estimate of drug-likeness (QED) is 0.467. The Labute approximate surface area is 169 Å². The van der Waals surface area contributed by atoms with Crippen LogP contribution in [-0.4, -0.2) is 25.3 Å². The summed E-state index contributed by atoms with van der Waals surface area (Å²) >= 11 is 0. The number of esters is 1. The fraction of sp³-hybridized carbons (Fsp3) is 0.143. The van der Waals surface area contributed by atoms with Gasteiger partial charge in [-0.1, -0.05) is 30.3 Å². The van der Waals surface area contributed by atoms with Crippen LogP contribution in [0, 0.1) is 0 Å². The molecule has 0 saturated carbocycles. The van der Waals surface area contributed by atoms with E-state index in [-0.39, 0.29) is 17.0 Å². The predicted octanol–water partition coefficient (Wildman–Crippen LogP) is 3.90. The van der Waals surface area contributed by atoms with Crippen LogP contribution in [0.1, 0.15) is 35.9 Å². The Balaban J connectivity index is 1.64. The highest BCUT2D eigenvalue weighted by Gasteiger charge is 2.25. The van der Waals surface area contributed by atoms with Gasteiger partial charge in [-0.25, -0.2) is 9.78 Å². The Morgan fingerprint density at radius 3 is 2.43 bits per heavy atom. The molecule has 4 rings (SSSR count). The molecular weight excluding hydrogens is 394 g/mol. The number of hydrogen-bond acceptors (Lipinski definition) is 5. The van der Waals surface area contributed by atoms with Crippen LogP contribution < -0.4 is 5.56 Å². The number of halogens is 2. The summed E-state index contributed by atoms with van der Waals surface area (Å²) in [5, 5.41) is 4.04. The molecule has 4 aromatic rings. The summed E-state index contributed by atoms with van der Waals surface area (Å²) in [4.78, 5) is 28.9. The monoisotopic (exact) mass is 410 g/mol. The van der Waals surface area contributed by atoms with Crippen LogP contribution in [0.3, 0.4) is 0 Å². The number of hydrogen-bond donors (Lipinski definition) is 0. The standard InChI is InChI=1S/C21H16F2N4O3/c1-13(19-24-15-9-5-6-10-17(15)26(19)21(22)23)30-20(29)16-11-12-18(28)27(25-16)14-7-3-2-4-8-14/h2-13,21H,1H3. The van der Waals surface area contributed by atoms with Crippen LogP contribution in [0.15, 0.2) is 71.5 Å². The van der Waals surface area contributed by atoms with E-state index in [2.05, 4.69) is 10.1 Å². The molecule has 0 aliphatic rings. The van der Waals surface area contributed by atoms with E-state index < -0.39 is 24.2 Å². The molecule has 9 heteroatoms. The maximum absolute atomic E-state index is 13.6. The van der Waals surface area contributed by atoms with Crippen molar-refractivity contribution in [3.63, 3.8) is 0 Å². The summed E-state index contributed by atoms with van der Waals surface area (Å²) < 4.78 is 34.4. The Bertz CT molecular complexity index is 1270. The van der Waals surface area contributed by atoms with Crippen molar-refractivity contribution in [2.24, 2.45) is 0 Å². The highest BCUT2D eigenvalue weighted by Crippen LogP contribution is 2.28. The molecule has 1 atom stereocenters. The van der Waals surface area contributed by atoms with E-state index in [1.165, 1.54) is 25.1 Å². The number of carbonyl (C=O) groups is 1. The second-order valence-corrected chi connectivity index (χ2v) is 6.46. The number of rotatable bonds is 5. The summed E-state index contributed by atoms with van der Waals surface area (Å²) in [5.41, 5.74) is 0.521. The zero-order valence-electron chi connectivity index (χ0n) is 15.8. The number of alkyl halides is 2. The van der Waals surface area contributed by atoms with Crippen LogP contribution in [-0.2, 0) is 4.74 Å². The number of ether oxygens (including phenoxy) is 1. The minimum atomic E-state index is -2.85. The number of benzene rings is 2. The van der Waals surface area contributed by atoms with Crippen LogP contribution in [0.2, 0.25) is 0 Å². The van der Waals surface area contributed by atoms with Gasteiger partial charge in [0, 0.05) is 6.07 Å². The summed E-state index contributed by atoms with van der Waals surface area (Å²) in [6.45, 7) is -1.41. The third-order valence-electron chi connectivity index (χ3n) is 4.48. The number of aromatic nitrogens is 4. The SMILES string of the molecule is CC(OC(=O)c1ccc(=O)n(-c2ccccc2)n1)c1nc2ccccc2n1C(F)F. The van der Waals surface area contributed by atoms with Crippen molar-refractivity contribution in [1.82, 2.24) is 19.3 Å². The van der Waals surface area contributed by atoms with Crippen molar-refractivity contribution in [2.45, 2.75) is 19.6 Å². The van der Waals surface area contributed by atoms with E-state index in [1.807, 2.05) is 0 Å². The molecule has 0 amide bonds. The summed E-state index contributed by atoms with van der Waals surface area (Å²) in [5.74, 6) is -0.948. The van der Waals surface area contributed by atoms with Gasteiger partial charge in [0.15, 0.2) is 17.6 Å². The van der Waals surface area contributed by atoms with Gasteiger partial charge in [-0.3, -0.25) is 9.36 Å². The molecule has 0 bridgehead atoms. The minimum absolute atomic E-state index is 0.0871. The van der Waals surface area contributed by atoms with Crippen LogP contribution in [0.25, 0.3) is 16.7 Å². The van der Waals surface area contributed by atoms with Gasteiger partial charge < -0.3 is 4.74 Å². The second kappa shape index (κ2) is 7.86. The zero-order chi connectivity index (χ0) is 21.3. The summed E-state index contributed by atoms with van der Waals surface area (Å²) in [6.07, 6.45) is -1.07. The highest BCUT2D eigenvalue weighted by molar-refractivity contribution is 5.87. The Morgan fingerprint density at radius 1 is 1.00 bits per heavy atom. The number of imidazole rings is 1. The van der Waals surface area contributed by atoms with Gasteiger partial charge in [0.2, 0.25) is 0 Å². The third kappa shape index (κ3) is 3.57. The first-order valence-electron chi connectivity index (χ1n) is 9.07. The van der Waals surface area contributed by atoms with Gasteiger partial charge in [0.1, 0.15) is 0 Å². The van der Waals surface area contributed by atoms with Gasteiger partial charge in [-0.2, -0.15) is 18.6 Å². The summed E-state index contributed by atoms with van der Waals surface area (Å²) in [6, 6.07) is 17.4. The Hall–Kier alpha value is -3.88. The largest absolute Gasteiger partial charge is 0.450 e. The third-order valence-corrected chi connectivity index (χ3v) is 4.48. The maximum Gasteiger partial charge on any atom is 0.359 e. The molecule has 2 aromatic carbocycles. The molecule has 7 nitrogen and oxygen atoms in total. The van der Waals surface area contributed by atoms with Crippen molar-refractivity contribution in [1.29, 1.82) is 0 Å². The van der Waals surface area contributed by atoms with E-state index >= 15 is 0 Å². The molecule has 0 aliphatic heterocycles. The maximum atomic E-state index is 13.6. The number of fused-ring (bicyclic) bond motifs is 1. The van der Waals surface area contributed by atoms with Gasteiger partial charge >= 0.3 is 12.5 Å². The van der Waals surface area contributed by atoms with Gasteiger partial charge in [0.25, 0.3) is 5.56 Å². The lowest BCUT2D eigenvalue weighted by Gasteiger charge is -2.15. The van der Waals surface area contributed by atoms with E-state index in [1.54, 1.807) is 48.5 Å². The molecule has 0 N–H and O–H groups in total. The molecule has 152 valence electrons. The number of nitrogens with zero attached hydrogens (tertiary/aromatic N) is 4. The van der Waals surface area contributed by atoms with Crippen LogP contribution in [0.4, 0.5) is 8.78 Å². The molecule has 0 radical (unpaired) electrons. The van der Waals surface area contributed by atoms with Crippen molar-refractivity contribution in [2.75, 3.05) is 0 Å². The average Bonchev–Trinajstić information content (AvgIpc) is 3.14. The first-order valence-corrected chi connectivity index (χ1v) is 9.07. The van der Waals surface area contributed by atoms with Crippen LogP contribution in [0.5, 0.6) is 0 Å². The molecule has 0 spiro atoms. The zero-order valence-corrected chi connectivity index (χ0v) is 15.8. The van der Waals surface area contributed by atoms with Gasteiger partial charge in [-0.15, -0.1) is 0 Å². The fourth-order valence-electron chi connectivity index (χ4n) is 3.10. The average molecular weight is 410 g/mol. The first kappa shape index (κ1) is 19.4.